The average molecular weight is 312 g/mol. The molecule has 2 aromatic rings. The lowest BCUT2D eigenvalue weighted by molar-refractivity contribution is 0.130. The second-order valence-electron chi connectivity index (χ2n) is 5.74. The molecule has 0 radical (unpaired) electrons. The first-order valence-electron chi connectivity index (χ1n) is 7.62. The van der Waals surface area contributed by atoms with Gasteiger partial charge in [0.25, 0.3) is 0 Å². The van der Waals surface area contributed by atoms with Crippen LogP contribution in [0.25, 0.3) is 0 Å². The number of likely N-dealkylation sites (tertiary alicyclic amines) is 1. The fourth-order valence-corrected chi connectivity index (χ4v) is 4.23. The molecule has 3 rings (SSSR count). The molecule has 1 N–H and O–H groups in total. The highest BCUT2D eigenvalue weighted by molar-refractivity contribution is 7.10. The van der Waals surface area contributed by atoms with Crippen molar-refractivity contribution < 1.29 is 0 Å². The van der Waals surface area contributed by atoms with Crippen LogP contribution in [0.5, 0.6) is 0 Å². The van der Waals surface area contributed by atoms with Crippen LogP contribution in [0.1, 0.15) is 29.3 Å². The van der Waals surface area contributed by atoms with E-state index in [1.807, 2.05) is 11.3 Å². The molecule has 0 saturated carbocycles. The second-order valence-corrected chi connectivity index (χ2v) is 6.71. The third kappa shape index (κ3) is 3.13. The summed E-state index contributed by atoms with van der Waals surface area (Å²) < 4.78 is 0. The number of hydrogen-bond acceptors (Lipinski definition) is 5. The summed E-state index contributed by atoms with van der Waals surface area (Å²) in [7, 11) is 2.21. The summed E-state index contributed by atoms with van der Waals surface area (Å²) in [6, 6.07) is 10.6. The minimum absolute atomic E-state index is 0.454. The number of piperidine rings is 1. The van der Waals surface area contributed by atoms with E-state index >= 15 is 0 Å². The molecule has 5 heteroatoms. The van der Waals surface area contributed by atoms with Crippen LogP contribution in [-0.4, -0.2) is 30.0 Å². The van der Waals surface area contributed by atoms with Gasteiger partial charge in [0.15, 0.2) is 0 Å². The number of thiophene rings is 1. The molecule has 0 aliphatic carbocycles. The van der Waals surface area contributed by atoms with E-state index in [0.29, 0.717) is 23.3 Å². The normalized spacial score (nSPS) is 22.2. The fraction of sp³-hybridized carbons (Fsp3) is 0.412. The highest BCUT2D eigenvalue weighted by atomic mass is 32.1. The molecule has 3 heterocycles. The maximum absolute atomic E-state index is 9.16. The minimum Gasteiger partial charge on any atom is -0.369 e. The number of anilines is 1. The van der Waals surface area contributed by atoms with Gasteiger partial charge in [-0.05, 0) is 55.9 Å². The van der Waals surface area contributed by atoms with Crippen LogP contribution in [0.3, 0.4) is 0 Å². The summed E-state index contributed by atoms with van der Waals surface area (Å²) in [6.45, 7) is 1.99. The molecule has 0 spiro atoms. The largest absolute Gasteiger partial charge is 0.369 e. The molecule has 0 unspecified atom stereocenters. The number of aromatic nitrogens is 1. The number of nitriles is 1. The van der Waals surface area contributed by atoms with Gasteiger partial charge in [0.05, 0.1) is 5.56 Å². The van der Waals surface area contributed by atoms with E-state index in [4.69, 9.17) is 5.26 Å². The smallest absolute Gasteiger partial charge is 0.143 e. The number of pyridine rings is 1. The van der Waals surface area contributed by atoms with Gasteiger partial charge < -0.3 is 5.32 Å². The summed E-state index contributed by atoms with van der Waals surface area (Å²) in [5.74, 6) is 1.23. The van der Waals surface area contributed by atoms with E-state index in [0.717, 1.165) is 13.1 Å². The van der Waals surface area contributed by atoms with Crippen molar-refractivity contribution in [2.75, 3.05) is 25.5 Å². The quantitative estimate of drug-likeness (QED) is 0.938. The molecule has 0 amide bonds. The number of hydrogen-bond donors (Lipinski definition) is 1. The molecule has 1 saturated heterocycles. The Morgan fingerprint density at radius 1 is 1.45 bits per heavy atom. The van der Waals surface area contributed by atoms with E-state index in [2.05, 4.69) is 45.8 Å². The van der Waals surface area contributed by atoms with Crippen molar-refractivity contribution in [2.24, 2.45) is 5.92 Å². The summed E-state index contributed by atoms with van der Waals surface area (Å²) in [5.41, 5.74) is 0.610. The van der Waals surface area contributed by atoms with Crippen molar-refractivity contribution in [1.82, 2.24) is 9.88 Å². The lowest BCUT2D eigenvalue weighted by Gasteiger charge is -2.39. The van der Waals surface area contributed by atoms with Crippen molar-refractivity contribution in [2.45, 2.75) is 18.9 Å². The third-order valence-electron chi connectivity index (χ3n) is 4.30. The first kappa shape index (κ1) is 15.0. The Labute approximate surface area is 135 Å². The molecule has 1 aliphatic heterocycles. The maximum atomic E-state index is 9.16. The summed E-state index contributed by atoms with van der Waals surface area (Å²) in [4.78, 5) is 8.17. The molecular weight excluding hydrogens is 292 g/mol. The second kappa shape index (κ2) is 6.91. The lowest BCUT2D eigenvalue weighted by Crippen LogP contribution is -2.38. The predicted octanol–water partition coefficient (Wildman–Crippen LogP) is 3.51. The van der Waals surface area contributed by atoms with Gasteiger partial charge in [-0.1, -0.05) is 6.07 Å². The SMILES string of the molecule is CN1CCC[C@H](CNc2ncccc2C#N)[C@H]1c1cccs1. The van der Waals surface area contributed by atoms with Gasteiger partial charge in [0.1, 0.15) is 11.9 Å². The first-order chi connectivity index (χ1) is 10.8. The molecule has 114 valence electrons. The van der Waals surface area contributed by atoms with Gasteiger partial charge in [0.2, 0.25) is 0 Å². The Morgan fingerprint density at radius 2 is 2.36 bits per heavy atom. The maximum Gasteiger partial charge on any atom is 0.143 e. The van der Waals surface area contributed by atoms with Crippen LogP contribution in [0.15, 0.2) is 35.8 Å². The molecular formula is C17H20N4S. The van der Waals surface area contributed by atoms with Gasteiger partial charge in [-0.25, -0.2) is 4.98 Å². The summed E-state index contributed by atoms with van der Waals surface area (Å²) in [5, 5.41) is 14.7. The monoisotopic (exact) mass is 312 g/mol. The standard InChI is InChI=1S/C17H20N4S/c1-21-9-3-6-14(16(21)15-7-4-10-22-15)12-20-17-13(11-18)5-2-8-19-17/h2,4-5,7-8,10,14,16H,3,6,9,12H2,1H3,(H,19,20)/t14-,16+/m1/s1. The average Bonchev–Trinajstić information content (AvgIpc) is 3.07. The zero-order chi connectivity index (χ0) is 15.4. The van der Waals surface area contributed by atoms with Gasteiger partial charge in [-0.3, -0.25) is 4.90 Å². The van der Waals surface area contributed by atoms with Crippen molar-refractivity contribution in [3.05, 3.63) is 46.3 Å². The number of rotatable bonds is 4. The van der Waals surface area contributed by atoms with Crippen LogP contribution < -0.4 is 5.32 Å². The van der Waals surface area contributed by atoms with Gasteiger partial charge >= 0.3 is 0 Å². The Hall–Kier alpha value is -1.90. The van der Waals surface area contributed by atoms with E-state index < -0.39 is 0 Å². The Morgan fingerprint density at radius 3 is 3.14 bits per heavy atom. The van der Waals surface area contributed by atoms with Crippen molar-refractivity contribution >= 4 is 17.2 Å². The molecule has 2 aromatic heterocycles. The van der Waals surface area contributed by atoms with E-state index in [1.165, 1.54) is 17.7 Å². The molecule has 1 aliphatic rings. The predicted molar refractivity (Wildman–Crippen MR) is 89.9 cm³/mol. The lowest BCUT2D eigenvalue weighted by atomic mass is 9.88. The summed E-state index contributed by atoms with van der Waals surface area (Å²) >= 11 is 1.83. The van der Waals surface area contributed by atoms with Crippen LogP contribution in [-0.2, 0) is 0 Å². The van der Waals surface area contributed by atoms with Crippen molar-refractivity contribution in [3.63, 3.8) is 0 Å². The molecule has 1 fully saturated rings. The van der Waals surface area contributed by atoms with Gasteiger partial charge in [-0.15, -0.1) is 11.3 Å². The van der Waals surface area contributed by atoms with E-state index in [1.54, 1.807) is 18.3 Å². The molecule has 0 bridgehead atoms. The van der Waals surface area contributed by atoms with E-state index in [-0.39, 0.29) is 0 Å². The first-order valence-corrected chi connectivity index (χ1v) is 8.50. The van der Waals surface area contributed by atoms with E-state index in [9.17, 15) is 0 Å². The van der Waals surface area contributed by atoms with Gasteiger partial charge in [0, 0.05) is 23.7 Å². The third-order valence-corrected chi connectivity index (χ3v) is 5.24. The zero-order valence-electron chi connectivity index (χ0n) is 12.7. The molecule has 0 aromatic carbocycles. The van der Waals surface area contributed by atoms with Crippen LogP contribution >= 0.6 is 11.3 Å². The molecule has 4 nitrogen and oxygen atoms in total. The van der Waals surface area contributed by atoms with Crippen LogP contribution in [0.4, 0.5) is 5.82 Å². The summed E-state index contributed by atoms with van der Waals surface area (Å²) in [6.07, 6.45) is 4.15. The molecule has 2 atom stereocenters. The highest BCUT2D eigenvalue weighted by Gasteiger charge is 2.31. The minimum atomic E-state index is 0.454. The van der Waals surface area contributed by atoms with Crippen LogP contribution in [0.2, 0.25) is 0 Å². The van der Waals surface area contributed by atoms with Crippen molar-refractivity contribution in [3.8, 4) is 6.07 Å². The number of nitrogens with one attached hydrogen (secondary N) is 1. The number of nitrogens with zero attached hydrogens (tertiary/aromatic N) is 3. The fourth-order valence-electron chi connectivity index (χ4n) is 3.25. The van der Waals surface area contributed by atoms with Gasteiger partial charge in [-0.2, -0.15) is 5.26 Å². The van der Waals surface area contributed by atoms with Crippen molar-refractivity contribution in [1.29, 1.82) is 5.26 Å². The Balaban J connectivity index is 1.74. The van der Waals surface area contributed by atoms with Crippen LogP contribution in [0, 0.1) is 17.2 Å². The zero-order valence-corrected chi connectivity index (χ0v) is 13.5. The Bertz CT molecular complexity index is 647. The highest BCUT2D eigenvalue weighted by Crippen LogP contribution is 2.37. The topological polar surface area (TPSA) is 52.0 Å². The molecule has 22 heavy (non-hydrogen) atoms. The Kier molecular flexibility index (Phi) is 4.71.